The molecule has 104 valence electrons. The monoisotopic (exact) mass is 270 g/mol. The highest BCUT2D eigenvalue weighted by Gasteiger charge is 2.26. The van der Waals surface area contributed by atoms with E-state index in [0.29, 0.717) is 6.54 Å². The molecule has 2 heterocycles. The van der Waals surface area contributed by atoms with E-state index in [2.05, 4.69) is 16.0 Å². The average molecular weight is 270 g/mol. The molecule has 1 aromatic carbocycles. The van der Waals surface area contributed by atoms with E-state index >= 15 is 0 Å². The number of anilines is 1. The maximum atomic E-state index is 5.97. The third-order valence-corrected chi connectivity index (χ3v) is 3.45. The molecule has 0 radical (unpaired) electrons. The lowest BCUT2D eigenvalue weighted by atomic mass is 10.0. The van der Waals surface area contributed by atoms with Crippen molar-refractivity contribution >= 4 is 5.82 Å². The first-order chi connectivity index (χ1) is 9.70. The van der Waals surface area contributed by atoms with Gasteiger partial charge in [0, 0.05) is 45.0 Å². The summed E-state index contributed by atoms with van der Waals surface area (Å²) in [5.41, 5.74) is 8.73. The van der Waals surface area contributed by atoms with Crippen LogP contribution in [0, 0.1) is 0 Å². The largest absolute Gasteiger partial charge is 0.488 e. The van der Waals surface area contributed by atoms with Gasteiger partial charge < -0.3 is 15.4 Å². The first-order valence-electron chi connectivity index (χ1n) is 6.68. The number of hydrogen-bond donors (Lipinski definition) is 1. The smallest absolute Gasteiger partial charge is 0.154 e. The van der Waals surface area contributed by atoms with Gasteiger partial charge in [0.15, 0.2) is 5.82 Å². The molecule has 2 N–H and O–H groups in total. The maximum absolute atomic E-state index is 5.97. The first kappa shape index (κ1) is 12.9. The minimum Gasteiger partial charge on any atom is -0.488 e. The highest BCUT2D eigenvalue weighted by atomic mass is 16.5. The predicted octanol–water partition coefficient (Wildman–Crippen LogP) is 1.47. The van der Waals surface area contributed by atoms with Crippen LogP contribution in [0.15, 0.2) is 30.6 Å². The Morgan fingerprint density at radius 3 is 2.85 bits per heavy atom. The Balaban J connectivity index is 2.12. The fourth-order valence-corrected chi connectivity index (χ4v) is 2.50. The van der Waals surface area contributed by atoms with E-state index < -0.39 is 0 Å². The van der Waals surface area contributed by atoms with E-state index in [-0.39, 0.29) is 6.10 Å². The van der Waals surface area contributed by atoms with Crippen molar-refractivity contribution in [3.05, 3.63) is 36.2 Å². The van der Waals surface area contributed by atoms with Crippen molar-refractivity contribution in [2.45, 2.75) is 12.5 Å². The maximum Gasteiger partial charge on any atom is 0.154 e. The van der Waals surface area contributed by atoms with Crippen LogP contribution in [0.3, 0.4) is 0 Å². The topological polar surface area (TPSA) is 64.3 Å². The van der Waals surface area contributed by atoms with E-state index in [1.165, 1.54) is 5.56 Å². The normalized spacial score (nSPS) is 16.6. The van der Waals surface area contributed by atoms with E-state index in [1.54, 1.807) is 12.4 Å². The Hall–Kier alpha value is -2.14. The van der Waals surface area contributed by atoms with Crippen LogP contribution < -0.4 is 15.4 Å². The van der Waals surface area contributed by atoms with Crippen LogP contribution in [0.25, 0.3) is 11.3 Å². The van der Waals surface area contributed by atoms with Gasteiger partial charge in [0.25, 0.3) is 0 Å². The number of hydrogen-bond acceptors (Lipinski definition) is 5. The summed E-state index contributed by atoms with van der Waals surface area (Å²) in [6.45, 7) is 0.523. The van der Waals surface area contributed by atoms with Crippen molar-refractivity contribution in [1.29, 1.82) is 0 Å². The summed E-state index contributed by atoms with van der Waals surface area (Å²) >= 11 is 0. The minimum absolute atomic E-state index is 0.0608. The van der Waals surface area contributed by atoms with Crippen LogP contribution in [0.2, 0.25) is 0 Å². The molecule has 5 nitrogen and oxygen atoms in total. The third kappa shape index (κ3) is 2.10. The Labute approximate surface area is 118 Å². The molecule has 0 bridgehead atoms. The number of nitrogens with zero attached hydrogens (tertiary/aromatic N) is 3. The Bertz CT molecular complexity index is 627. The van der Waals surface area contributed by atoms with E-state index in [0.717, 1.165) is 29.2 Å². The molecule has 0 aliphatic carbocycles. The number of nitrogens with two attached hydrogens (primary N) is 1. The van der Waals surface area contributed by atoms with E-state index in [4.69, 9.17) is 10.5 Å². The fourth-order valence-electron chi connectivity index (χ4n) is 2.50. The second-order valence-electron chi connectivity index (χ2n) is 5.10. The van der Waals surface area contributed by atoms with Crippen molar-refractivity contribution < 1.29 is 4.74 Å². The molecule has 0 unspecified atom stereocenters. The third-order valence-electron chi connectivity index (χ3n) is 3.45. The van der Waals surface area contributed by atoms with Gasteiger partial charge in [0.05, 0.1) is 0 Å². The van der Waals surface area contributed by atoms with Gasteiger partial charge in [-0.1, -0.05) is 12.1 Å². The second-order valence-corrected chi connectivity index (χ2v) is 5.10. The molecule has 0 saturated heterocycles. The van der Waals surface area contributed by atoms with Crippen LogP contribution in [0.4, 0.5) is 5.82 Å². The molecule has 0 amide bonds. The molecule has 1 aliphatic rings. The standard InChI is InChI=1S/C15H18N4O/c1-19(2)15-13(17-6-7-18-15)12-5-3-4-10-8-11(9-16)20-14(10)12/h3-7,11H,8-9,16H2,1-2H3/t11-/m1/s1. The van der Waals surface area contributed by atoms with E-state index in [1.807, 2.05) is 31.1 Å². The van der Waals surface area contributed by atoms with Crippen molar-refractivity contribution in [3.63, 3.8) is 0 Å². The van der Waals surface area contributed by atoms with Crippen LogP contribution >= 0.6 is 0 Å². The Morgan fingerprint density at radius 1 is 1.30 bits per heavy atom. The zero-order chi connectivity index (χ0) is 14.1. The average Bonchev–Trinajstić information content (AvgIpc) is 2.90. The number of benzene rings is 1. The van der Waals surface area contributed by atoms with Gasteiger partial charge in [-0.05, 0) is 11.6 Å². The summed E-state index contributed by atoms with van der Waals surface area (Å²) in [5.74, 6) is 1.73. The lowest BCUT2D eigenvalue weighted by Crippen LogP contribution is -2.24. The summed E-state index contributed by atoms with van der Waals surface area (Å²) in [6.07, 6.45) is 4.32. The molecular formula is C15H18N4O. The van der Waals surface area contributed by atoms with Gasteiger partial charge in [-0.25, -0.2) is 4.98 Å². The molecule has 0 spiro atoms. The van der Waals surface area contributed by atoms with E-state index in [9.17, 15) is 0 Å². The molecule has 0 saturated carbocycles. The van der Waals surface area contributed by atoms with Gasteiger partial charge >= 0.3 is 0 Å². The van der Waals surface area contributed by atoms with Crippen molar-refractivity contribution in [2.24, 2.45) is 5.73 Å². The molecule has 1 aliphatic heterocycles. The van der Waals surface area contributed by atoms with Gasteiger partial charge in [-0.2, -0.15) is 0 Å². The molecule has 1 aromatic heterocycles. The van der Waals surface area contributed by atoms with Crippen molar-refractivity contribution in [3.8, 4) is 17.0 Å². The summed E-state index contributed by atoms with van der Waals surface area (Å²) in [4.78, 5) is 10.8. The Kier molecular flexibility index (Phi) is 3.28. The van der Waals surface area contributed by atoms with Gasteiger partial charge in [-0.15, -0.1) is 0 Å². The highest BCUT2D eigenvalue weighted by molar-refractivity contribution is 5.78. The molecule has 2 aromatic rings. The summed E-state index contributed by atoms with van der Waals surface area (Å²) in [7, 11) is 3.92. The molecule has 5 heteroatoms. The van der Waals surface area contributed by atoms with Crippen molar-refractivity contribution in [1.82, 2.24) is 9.97 Å². The first-order valence-corrected chi connectivity index (χ1v) is 6.68. The molecule has 20 heavy (non-hydrogen) atoms. The predicted molar refractivity (Wildman–Crippen MR) is 79.0 cm³/mol. The zero-order valence-corrected chi connectivity index (χ0v) is 11.7. The lowest BCUT2D eigenvalue weighted by molar-refractivity contribution is 0.242. The molecule has 1 atom stereocenters. The lowest BCUT2D eigenvalue weighted by Gasteiger charge is -2.16. The number of fused-ring (bicyclic) bond motifs is 1. The highest BCUT2D eigenvalue weighted by Crippen LogP contribution is 2.40. The summed E-state index contributed by atoms with van der Waals surface area (Å²) < 4.78 is 5.97. The Morgan fingerprint density at radius 2 is 2.10 bits per heavy atom. The van der Waals surface area contributed by atoms with Crippen LogP contribution in [0.5, 0.6) is 5.75 Å². The molecule has 0 fully saturated rings. The fraction of sp³-hybridized carbons (Fsp3) is 0.333. The summed E-state index contributed by atoms with van der Waals surface area (Å²) in [5, 5.41) is 0. The van der Waals surface area contributed by atoms with Gasteiger partial charge in [0.2, 0.25) is 0 Å². The van der Waals surface area contributed by atoms with Crippen LogP contribution in [0.1, 0.15) is 5.56 Å². The number of rotatable bonds is 3. The number of ether oxygens (including phenoxy) is 1. The summed E-state index contributed by atoms with van der Waals surface area (Å²) in [6, 6.07) is 6.14. The van der Waals surface area contributed by atoms with Gasteiger partial charge in [-0.3, -0.25) is 4.98 Å². The second kappa shape index (κ2) is 5.09. The zero-order valence-electron chi connectivity index (χ0n) is 11.7. The molecule has 3 rings (SSSR count). The van der Waals surface area contributed by atoms with Crippen LogP contribution in [-0.4, -0.2) is 36.7 Å². The van der Waals surface area contributed by atoms with Crippen molar-refractivity contribution in [2.75, 3.05) is 25.5 Å². The quantitative estimate of drug-likeness (QED) is 0.915. The minimum atomic E-state index is 0.0608. The SMILES string of the molecule is CN(C)c1nccnc1-c1cccc2c1O[C@@H](CN)C2. The molecular weight excluding hydrogens is 252 g/mol. The van der Waals surface area contributed by atoms with Gasteiger partial charge in [0.1, 0.15) is 17.5 Å². The van der Waals surface area contributed by atoms with Crippen LogP contribution in [-0.2, 0) is 6.42 Å². The number of aromatic nitrogens is 2. The number of para-hydroxylation sites is 1.